The third-order valence-corrected chi connectivity index (χ3v) is 2.73. The summed E-state index contributed by atoms with van der Waals surface area (Å²) >= 11 is 0. The summed E-state index contributed by atoms with van der Waals surface area (Å²) < 4.78 is 36.6. The summed E-state index contributed by atoms with van der Waals surface area (Å²) in [6.07, 6.45) is 2.46. The zero-order chi connectivity index (χ0) is 15.8. The molecular formula is C17H14F2O3. The minimum absolute atomic E-state index is 0.0280. The molecule has 0 bridgehead atoms. The number of hydrogen-bond acceptors (Lipinski definition) is 3. The van der Waals surface area contributed by atoms with Gasteiger partial charge in [-0.15, -0.1) is 0 Å². The molecule has 0 saturated carbocycles. The maximum Gasteiger partial charge on any atom is 0.330 e. The molecule has 2 aromatic rings. The highest BCUT2D eigenvalue weighted by atomic mass is 19.1. The highest BCUT2D eigenvalue weighted by Gasteiger charge is 2.03. The summed E-state index contributed by atoms with van der Waals surface area (Å²) in [6, 6.07) is 12.0. The fourth-order valence-electron chi connectivity index (χ4n) is 1.67. The Bertz CT molecular complexity index is 668. The number of para-hydroxylation sites is 1. The smallest absolute Gasteiger partial charge is 0.330 e. The average molecular weight is 304 g/mol. The highest BCUT2D eigenvalue weighted by molar-refractivity contribution is 5.87. The molecule has 114 valence electrons. The van der Waals surface area contributed by atoms with E-state index >= 15 is 0 Å². The Labute approximate surface area is 126 Å². The molecule has 5 heteroatoms. The Morgan fingerprint density at radius 1 is 0.955 bits per heavy atom. The molecule has 0 aromatic heterocycles. The van der Waals surface area contributed by atoms with E-state index in [0.29, 0.717) is 5.56 Å². The van der Waals surface area contributed by atoms with E-state index in [1.807, 2.05) is 0 Å². The van der Waals surface area contributed by atoms with E-state index in [1.54, 1.807) is 30.3 Å². The minimum atomic E-state index is -0.625. The van der Waals surface area contributed by atoms with E-state index in [1.165, 1.54) is 24.3 Å². The number of rotatable bonds is 6. The van der Waals surface area contributed by atoms with Crippen molar-refractivity contribution >= 4 is 12.0 Å². The van der Waals surface area contributed by atoms with Gasteiger partial charge in [-0.2, -0.15) is 0 Å². The SMILES string of the molecule is O=C(/C=C/c1ccccc1F)OCCOc1ccccc1F. The van der Waals surface area contributed by atoms with Gasteiger partial charge in [0.05, 0.1) is 0 Å². The van der Waals surface area contributed by atoms with Gasteiger partial charge in [0, 0.05) is 11.6 Å². The Balaban J connectivity index is 1.74. The number of carbonyl (C=O) groups is 1. The van der Waals surface area contributed by atoms with Crippen LogP contribution in [0.4, 0.5) is 8.78 Å². The van der Waals surface area contributed by atoms with Crippen LogP contribution in [0.15, 0.2) is 54.6 Å². The van der Waals surface area contributed by atoms with E-state index in [-0.39, 0.29) is 19.0 Å². The molecule has 2 rings (SSSR count). The maximum absolute atomic E-state index is 13.3. The fourth-order valence-corrected chi connectivity index (χ4v) is 1.67. The average Bonchev–Trinajstić information content (AvgIpc) is 2.52. The van der Waals surface area contributed by atoms with Crippen molar-refractivity contribution in [1.29, 1.82) is 0 Å². The van der Waals surface area contributed by atoms with E-state index in [9.17, 15) is 13.6 Å². The summed E-state index contributed by atoms with van der Waals surface area (Å²) in [5.41, 5.74) is 0.294. The van der Waals surface area contributed by atoms with Crippen LogP contribution in [0.2, 0.25) is 0 Å². The molecule has 0 heterocycles. The summed E-state index contributed by atoms with van der Waals surface area (Å²) in [5.74, 6) is -1.43. The lowest BCUT2D eigenvalue weighted by molar-refractivity contribution is -0.138. The largest absolute Gasteiger partial charge is 0.487 e. The van der Waals surface area contributed by atoms with Crippen LogP contribution in [-0.4, -0.2) is 19.2 Å². The first-order chi connectivity index (χ1) is 10.7. The molecule has 0 aliphatic heterocycles. The molecule has 0 spiro atoms. The third kappa shape index (κ3) is 4.70. The van der Waals surface area contributed by atoms with Crippen molar-refractivity contribution < 1.29 is 23.0 Å². The minimum Gasteiger partial charge on any atom is -0.487 e. The Morgan fingerprint density at radius 3 is 2.36 bits per heavy atom. The molecule has 0 N–H and O–H groups in total. The molecule has 0 atom stereocenters. The van der Waals surface area contributed by atoms with E-state index in [2.05, 4.69) is 0 Å². The monoisotopic (exact) mass is 304 g/mol. The van der Waals surface area contributed by atoms with Crippen LogP contribution < -0.4 is 4.74 Å². The molecule has 0 radical (unpaired) electrons. The number of ether oxygens (including phenoxy) is 2. The van der Waals surface area contributed by atoms with Crippen molar-refractivity contribution in [3.8, 4) is 5.75 Å². The van der Waals surface area contributed by atoms with Crippen LogP contribution in [0.5, 0.6) is 5.75 Å². The van der Waals surface area contributed by atoms with Gasteiger partial charge in [-0.1, -0.05) is 30.3 Å². The van der Waals surface area contributed by atoms with Gasteiger partial charge >= 0.3 is 5.97 Å². The van der Waals surface area contributed by atoms with Gasteiger partial charge < -0.3 is 9.47 Å². The molecule has 22 heavy (non-hydrogen) atoms. The van der Waals surface area contributed by atoms with E-state index in [4.69, 9.17) is 9.47 Å². The maximum atomic E-state index is 13.3. The molecule has 0 fully saturated rings. The van der Waals surface area contributed by atoms with Gasteiger partial charge in [0.1, 0.15) is 19.0 Å². The lowest BCUT2D eigenvalue weighted by atomic mass is 10.2. The highest BCUT2D eigenvalue weighted by Crippen LogP contribution is 2.15. The number of esters is 1. The Kier molecular flexibility index (Phi) is 5.65. The lowest BCUT2D eigenvalue weighted by Crippen LogP contribution is -2.10. The summed E-state index contributed by atoms with van der Waals surface area (Å²) in [4.78, 5) is 11.4. The molecule has 3 nitrogen and oxygen atoms in total. The van der Waals surface area contributed by atoms with E-state index in [0.717, 1.165) is 6.08 Å². The van der Waals surface area contributed by atoms with Crippen molar-refractivity contribution in [2.75, 3.05) is 13.2 Å². The van der Waals surface area contributed by atoms with E-state index < -0.39 is 17.6 Å². The second-order valence-corrected chi connectivity index (χ2v) is 4.30. The molecule has 0 aliphatic rings. The van der Waals surface area contributed by atoms with Gasteiger partial charge in [0.2, 0.25) is 0 Å². The summed E-state index contributed by atoms with van der Waals surface area (Å²) in [6.45, 7) is -0.00497. The van der Waals surface area contributed by atoms with Crippen LogP contribution in [0.1, 0.15) is 5.56 Å². The van der Waals surface area contributed by atoms with Crippen LogP contribution >= 0.6 is 0 Å². The van der Waals surface area contributed by atoms with Crippen LogP contribution in [0, 0.1) is 11.6 Å². The van der Waals surface area contributed by atoms with Gasteiger partial charge in [-0.3, -0.25) is 0 Å². The lowest BCUT2D eigenvalue weighted by Gasteiger charge is -2.06. The van der Waals surface area contributed by atoms with Crippen molar-refractivity contribution in [1.82, 2.24) is 0 Å². The van der Waals surface area contributed by atoms with Crippen molar-refractivity contribution in [2.45, 2.75) is 0 Å². The molecule has 0 amide bonds. The Morgan fingerprint density at radius 2 is 1.64 bits per heavy atom. The van der Waals surface area contributed by atoms with Crippen LogP contribution in [-0.2, 0) is 9.53 Å². The molecule has 0 saturated heterocycles. The van der Waals surface area contributed by atoms with Crippen LogP contribution in [0.3, 0.4) is 0 Å². The number of benzene rings is 2. The second kappa shape index (κ2) is 7.93. The zero-order valence-electron chi connectivity index (χ0n) is 11.7. The van der Waals surface area contributed by atoms with Gasteiger partial charge in [0.25, 0.3) is 0 Å². The topological polar surface area (TPSA) is 35.5 Å². The van der Waals surface area contributed by atoms with Gasteiger partial charge in [0.15, 0.2) is 11.6 Å². The Hall–Kier alpha value is -2.69. The van der Waals surface area contributed by atoms with Crippen molar-refractivity contribution in [2.24, 2.45) is 0 Å². The van der Waals surface area contributed by atoms with Crippen molar-refractivity contribution in [3.05, 3.63) is 71.8 Å². The third-order valence-electron chi connectivity index (χ3n) is 2.73. The summed E-state index contributed by atoms with van der Waals surface area (Å²) in [5, 5.41) is 0. The number of halogens is 2. The first kappa shape index (κ1) is 15.7. The molecular weight excluding hydrogens is 290 g/mol. The summed E-state index contributed by atoms with van der Waals surface area (Å²) in [7, 11) is 0. The first-order valence-electron chi connectivity index (χ1n) is 6.63. The second-order valence-electron chi connectivity index (χ2n) is 4.30. The molecule has 0 unspecified atom stereocenters. The predicted octanol–water partition coefficient (Wildman–Crippen LogP) is 3.60. The zero-order valence-corrected chi connectivity index (χ0v) is 11.7. The fraction of sp³-hybridized carbons (Fsp3) is 0.118. The number of hydrogen-bond donors (Lipinski definition) is 0. The first-order valence-corrected chi connectivity index (χ1v) is 6.63. The molecule has 2 aromatic carbocycles. The van der Waals surface area contributed by atoms with Crippen molar-refractivity contribution in [3.63, 3.8) is 0 Å². The standard InChI is InChI=1S/C17H14F2O3/c18-14-6-2-1-5-13(14)9-10-17(20)22-12-11-21-16-8-4-3-7-15(16)19/h1-10H,11-12H2/b10-9+. The number of carbonyl (C=O) groups excluding carboxylic acids is 1. The normalized spacial score (nSPS) is 10.6. The van der Waals surface area contributed by atoms with Gasteiger partial charge in [-0.25, -0.2) is 13.6 Å². The van der Waals surface area contributed by atoms with Crippen LogP contribution in [0.25, 0.3) is 6.08 Å². The quantitative estimate of drug-likeness (QED) is 0.465. The molecule has 0 aliphatic carbocycles. The van der Waals surface area contributed by atoms with Gasteiger partial charge in [-0.05, 0) is 24.3 Å². The predicted molar refractivity (Wildman–Crippen MR) is 78.3 cm³/mol.